The fourth-order valence-electron chi connectivity index (χ4n) is 3.65. The summed E-state index contributed by atoms with van der Waals surface area (Å²) < 4.78 is 0. The SMILES string of the molecule is O=C(O)C1CCN(C(=O)C2CCCCN2Cc2ccccc2)C1. The second-order valence-corrected chi connectivity index (χ2v) is 6.58. The second kappa shape index (κ2) is 7.13. The van der Waals surface area contributed by atoms with Crippen molar-refractivity contribution in [1.82, 2.24) is 9.80 Å². The lowest BCUT2D eigenvalue weighted by Gasteiger charge is -2.36. The van der Waals surface area contributed by atoms with Gasteiger partial charge in [-0.3, -0.25) is 14.5 Å². The van der Waals surface area contributed by atoms with Crippen LogP contribution in [0, 0.1) is 5.92 Å². The molecule has 2 saturated heterocycles. The third-order valence-electron chi connectivity index (χ3n) is 4.98. The Morgan fingerprint density at radius 3 is 2.57 bits per heavy atom. The van der Waals surface area contributed by atoms with E-state index in [1.807, 2.05) is 18.2 Å². The van der Waals surface area contributed by atoms with Gasteiger partial charge in [-0.05, 0) is 31.4 Å². The van der Waals surface area contributed by atoms with Gasteiger partial charge in [0.1, 0.15) is 0 Å². The number of hydrogen-bond acceptors (Lipinski definition) is 3. The average molecular weight is 316 g/mol. The van der Waals surface area contributed by atoms with Gasteiger partial charge in [-0.1, -0.05) is 36.8 Å². The normalized spacial score (nSPS) is 25.5. The molecule has 2 atom stereocenters. The molecule has 1 aromatic carbocycles. The Bertz CT molecular complexity index is 561. The standard InChI is InChI=1S/C18H24N2O3/c21-17(20-11-9-15(13-20)18(22)23)16-8-4-5-10-19(16)12-14-6-2-1-3-7-14/h1-3,6-7,15-16H,4-5,8-13H2,(H,22,23). The first-order valence-corrected chi connectivity index (χ1v) is 8.44. The average Bonchev–Trinajstić information content (AvgIpc) is 3.06. The third-order valence-corrected chi connectivity index (χ3v) is 4.98. The van der Waals surface area contributed by atoms with Gasteiger partial charge in [0.15, 0.2) is 0 Å². The summed E-state index contributed by atoms with van der Waals surface area (Å²) in [6, 6.07) is 10.1. The van der Waals surface area contributed by atoms with Crippen LogP contribution in [-0.4, -0.2) is 52.5 Å². The monoisotopic (exact) mass is 316 g/mol. The largest absolute Gasteiger partial charge is 0.481 e. The van der Waals surface area contributed by atoms with Crippen molar-refractivity contribution in [3.63, 3.8) is 0 Å². The summed E-state index contributed by atoms with van der Waals surface area (Å²) >= 11 is 0. The molecular weight excluding hydrogens is 292 g/mol. The van der Waals surface area contributed by atoms with E-state index in [-0.39, 0.29) is 11.9 Å². The minimum absolute atomic E-state index is 0.100. The number of carboxylic acid groups (broad SMARTS) is 1. The van der Waals surface area contributed by atoms with E-state index in [0.717, 1.165) is 32.4 Å². The third kappa shape index (κ3) is 3.72. The summed E-state index contributed by atoms with van der Waals surface area (Å²) in [6.07, 6.45) is 3.64. The number of piperidine rings is 1. The van der Waals surface area contributed by atoms with Crippen LogP contribution in [0.1, 0.15) is 31.2 Å². The number of carbonyl (C=O) groups is 2. The Morgan fingerprint density at radius 2 is 1.87 bits per heavy atom. The topological polar surface area (TPSA) is 60.9 Å². The van der Waals surface area contributed by atoms with Crippen LogP contribution in [-0.2, 0) is 16.1 Å². The zero-order valence-electron chi connectivity index (χ0n) is 13.4. The Hall–Kier alpha value is -1.88. The van der Waals surface area contributed by atoms with Crippen LogP contribution in [0.15, 0.2) is 30.3 Å². The van der Waals surface area contributed by atoms with Crippen molar-refractivity contribution in [2.45, 2.75) is 38.3 Å². The molecule has 0 spiro atoms. The van der Waals surface area contributed by atoms with Gasteiger partial charge in [0.25, 0.3) is 0 Å². The Morgan fingerprint density at radius 1 is 1.09 bits per heavy atom. The number of nitrogens with zero attached hydrogens (tertiary/aromatic N) is 2. The first kappa shape index (κ1) is 16.0. The molecule has 2 aliphatic heterocycles. The highest BCUT2D eigenvalue weighted by molar-refractivity contribution is 5.83. The summed E-state index contributed by atoms with van der Waals surface area (Å²) in [6.45, 7) is 2.66. The van der Waals surface area contributed by atoms with Crippen molar-refractivity contribution in [2.24, 2.45) is 5.92 Å². The lowest BCUT2D eigenvalue weighted by atomic mass is 10.00. The lowest BCUT2D eigenvalue weighted by molar-refractivity contribution is -0.142. The maximum absolute atomic E-state index is 12.9. The van der Waals surface area contributed by atoms with E-state index in [1.165, 1.54) is 5.56 Å². The second-order valence-electron chi connectivity index (χ2n) is 6.58. The summed E-state index contributed by atoms with van der Waals surface area (Å²) in [5.74, 6) is -1.07. The van der Waals surface area contributed by atoms with Crippen molar-refractivity contribution in [1.29, 1.82) is 0 Å². The highest BCUT2D eigenvalue weighted by Gasteiger charge is 2.37. The van der Waals surface area contributed by atoms with Crippen LogP contribution < -0.4 is 0 Å². The molecule has 0 aromatic heterocycles. The summed E-state index contributed by atoms with van der Waals surface area (Å²) in [5.41, 5.74) is 1.22. The van der Waals surface area contributed by atoms with Crippen molar-refractivity contribution in [2.75, 3.05) is 19.6 Å². The van der Waals surface area contributed by atoms with E-state index in [1.54, 1.807) is 4.90 Å². The van der Waals surface area contributed by atoms with Gasteiger partial charge < -0.3 is 10.0 Å². The zero-order valence-corrected chi connectivity index (χ0v) is 13.4. The highest BCUT2D eigenvalue weighted by atomic mass is 16.4. The molecule has 23 heavy (non-hydrogen) atoms. The molecule has 1 aromatic rings. The van der Waals surface area contributed by atoms with Gasteiger partial charge in [0.05, 0.1) is 12.0 Å². The number of hydrogen-bond donors (Lipinski definition) is 1. The minimum atomic E-state index is -0.787. The van der Waals surface area contributed by atoms with E-state index in [4.69, 9.17) is 5.11 Å². The van der Waals surface area contributed by atoms with Gasteiger partial charge in [-0.2, -0.15) is 0 Å². The summed E-state index contributed by atoms with van der Waals surface area (Å²) in [7, 11) is 0. The predicted molar refractivity (Wildman–Crippen MR) is 86.8 cm³/mol. The lowest BCUT2D eigenvalue weighted by Crippen LogP contribution is -2.50. The van der Waals surface area contributed by atoms with E-state index in [0.29, 0.717) is 19.5 Å². The highest BCUT2D eigenvalue weighted by Crippen LogP contribution is 2.24. The van der Waals surface area contributed by atoms with Crippen molar-refractivity contribution in [3.8, 4) is 0 Å². The van der Waals surface area contributed by atoms with Gasteiger partial charge >= 0.3 is 5.97 Å². The molecule has 0 saturated carbocycles. The maximum atomic E-state index is 12.9. The van der Waals surface area contributed by atoms with Crippen molar-refractivity contribution >= 4 is 11.9 Å². The fourth-order valence-corrected chi connectivity index (χ4v) is 3.65. The first-order chi connectivity index (χ1) is 11.1. The van der Waals surface area contributed by atoms with Crippen LogP contribution in [0.4, 0.5) is 0 Å². The van der Waals surface area contributed by atoms with Crippen LogP contribution >= 0.6 is 0 Å². The van der Waals surface area contributed by atoms with E-state index >= 15 is 0 Å². The van der Waals surface area contributed by atoms with Crippen molar-refractivity contribution < 1.29 is 14.7 Å². The first-order valence-electron chi connectivity index (χ1n) is 8.44. The van der Waals surface area contributed by atoms with Crippen LogP contribution in [0.25, 0.3) is 0 Å². The van der Waals surface area contributed by atoms with Gasteiger partial charge in [-0.15, -0.1) is 0 Å². The predicted octanol–water partition coefficient (Wildman–Crippen LogP) is 1.97. The fraction of sp³-hybridized carbons (Fsp3) is 0.556. The number of amides is 1. The van der Waals surface area contributed by atoms with Gasteiger partial charge in [-0.25, -0.2) is 0 Å². The number of rotatable bonds is 4. The number of carboxylic acids is 1. The minimum Gasteiger partial charge on any atom is -0.481 e. The van der Waals surface area contributed by atoms with E-state index in [2.05, 4.69) is 17.0 Å². The quantitative estimate of drug-likeness (QED) is 0.922. The molecule has 0 bridgehead atoms. The molecular formula is C18H24N2O3. The Balaban J connectivity index is 1.66. The Kier molecular flexibility index (Phi) is 4.96. The molecule has 2 unspecified atom stereocenters. The van der Waals surface area contributed by atoms with Gasteiger partial charge in [0.2, 0.25) is 5.91 Å². The molecule has 5 nitrogen and oxygen atoms in total. The molecule has 2 heterocycles. The number of aliphatic carboxylic acids is 1. The molecule has 124 valence electrons. The molecule has 3 rings (SSSR count). The molecule has 0 aliphatic carbocycles. The Labute approximate surface area is 136 Å². The zero-order chi connectivity index (χ0) is 16.2. The van der Waals surface area contributed by atoms with Gasteiger partial charge in [0, 0.05) is 19.6 Å². The molecule has 2 fully saturated rings. The van der Waals surface area contributed by atoms with Crippen molar-refractivity contribution in [3.05, 3.63) is 35.9 Å². The number of carbonyl (C=O) groups excluding carboxylic acids is 1. The molecule has 0 radical (unpaired) electrons. The summed E-state index contributed by atoms with van der Waals surface area (Å²) in [5, 5.41) is 9.12. The molecule has 2 aliphatic rings. The van der Waals surface area contributed by atoms with E-state index < -0.39 is 11.9 Å². The van der Waals surface area contributed by atoms with Crippen LogP contribution in [0.3, 0.4) is 0 Å². The maximum Gasteiger partial charge on any atom is 0.308 e. The number of likely N-dealkylation sites (tertiary alicyclic amines) is 2. The molecule has 1 N–H and O–H groups in total. The molecule has 5 heteroatoms. The smallest absolute Gasteiger partial charge is 0.308 e. The number of benzene rings is 1. The molecule has 1 amide bonds. The summed E-state index contributed by atoms with van der Waals surface area (Å²) in [4.78, 5) is 28.0. The van der Waals surface area contributed by atoms with Crippen LogP contribution in [0.5, 0.6) is 0 Å². The van der Waals surface area contributed by atoms with E-state index in [9.17, 15) is 9.59 Å². The van der Waals surface area contributed by atoms with Crippen LogP contribution in [0.2, 0.25) is 0 Å².